The molecule has 0 bridgehead atoms. The monoisotopic (exact) mass is 423 g/mol. The first kappa shape index (κ1) is 22.8. The van der Waals surface area contributed by atoms with Crippen molar-refractivity contribution in [1.29, 1.82) is 0 Å². The first-order chi connectivity index (χ1) is 15.0. The van der Waals surface area contributed by atoms with Crippen LogP contribution in [-0.4, -0.2) is 52.9 Å². The first-order valence-corrected chi connectivity index (χ1v) is 11.1. The number of primary amides is 1. The minimum atomic E-state index is -0.389. The van der Waals surface area contributed by atoms with Gasteiger partial charge in [0.05, 0.1) is 6.54 Å². The van der Waals surface area contributed by atoms with Crippen LogP contribution in [0.25, 0.3) is 0 Å². The number of benzene rings is 2. The lowest BCUT2D eigenvalue weighted by molar-refractivity contribution is -0.133. The summed E-state index contributed by atoms with van der Waals surface area (Å²) in [5.74, 6) is 0.627. The fourth-order valence-electron chi connectivity index (χ4n) is 4.10. The van der Waals surface area contributed by atoms with Crippen molar-refractivity contribution in [3.63, 3.8) is 0 Å². The molecular formula is C25H33N3O3. The Morgan fingerprint density at radius 3 is 2.32 bits per heavy atom. The summed E-state index contributed by atoms with van der Waals surface area (Å²) in [6, 6.07) is 17.3. The molecule has 0 atom stereocenters. The molecule has 1 heterocycles. The van der Waals surface area contributed by atoms with E-state index in [0.717, 1.165) is 44.3 Å². The first-order valence-electron chi connectivity index (χ1n) is 11.1. The van der Waals surface area contributed by atoms with Gasteiger partial charge in [-0.25, -0.2) is 0 Å². The zero-order chi connectivity index (χ0) is 22.1. The van der Waals surface area contributed by atoms with Crippen molar-refractivity contribution in [2.24, 2.45) is 11.7 Å². The molecule has 0 spiro atoms. The van der Waals surface area contributed by atoms with E-state index in [2.05, 4.69) is 4.90 Å². The predicted molar refractivity (Wildman–Crippen MR) is 121 cm³/mol. The normalized spacial score (nSPS) is 15.0. The molecule has 2 amide bonds. The fourth-order valence-corrected chi connectivity index (χ4v) is 4.10. The summed E-state index contributed by atoms with van der Waals surface area (Å²) < 4.78 is 0. The number of aromatic hydroxyl groups is 1. The lowest BCUT2D eigenvalue weighted by Crippen LogP contribution is -2.44. The number of rotatable bonds is 10. The number of carbonyl (C=O) groups is 2. The van der Waals surface area contributed by atoms with Crippen LogP contribution in [0.5, 0.6) is 5.75 Å². The molecule has 2 aromatic carbocycles. The Kier molecular flexibility index (Phi) is 8.47. The van der Waals surface area contributed by atoms with Gasteiger partial charge in [0, 0.05) is 19.5 Å². The highest BCUT2D eigenvalue weighted by Gasteiger charge is 2.23. The average Bonchev–Trinajstić information content (AvgIpc) is 2.77. The van der Waals surface area contributed by atoms with Crippen LogP contribution in [-0.2, 0) is 22.6 Å². The number of amides is 2. The number of carbonyl (C=O) groups excluding carboxylic acids is 2. The molecule has 1 fully saturated rings. The van der Waals surface area contributed by atoms with E-state index in [-0.39, 0.29) is 18.2 Å². The van der Waals surface area contributed by atoms with Gasteiger partial charge in [-0.1, -0.05) is 42.5 Å². The second kappa shape index (κ2) is 11.5. The molecule has 3 N–H and O–H groups in total. The second-order valence-electron chi connectivity index (χ2n) is 8.44. The van der Waals surface area contributed by atoms with Gasteiger partial charge < -0.3 is 15.7 Å². The van der Waals surface area contributed by atoms with Gasteiger partial charge >= 0.3 is 0 Å². The molecule has 0 unspecified atom stereocenters. The Labute approximate surface area is 184 Å². The van der Waals surface area contributed by atoms with Gasteiger partial charge in [-0.2, -0.15) is 0 Å². The number of aryl methyl sites for hydroxylation is 1. The number of hydrogen-bond donors (Lipinski definition) is 2. The molecule has 31 heavy (non-hydrogen) atoms. The molecule has 1 aliphatic rings. The number of hydrogen-bond acceptors (Lipinski definition) is 4. The van der Waals surface area contributed by atoms with E-state index in [1.165, 1.54) is 5.56 Å². The quantitative estimate of drug-likeness (QED) is 0.615. The summed E-state index contributed by atoms with van der Waals surface area (Å²) in [7, 11) is 0. The summed E-state index contributed by atoms with van der Waals surface area (Å²) in [5, 5.41) is 9.40. The molecule has 0 radical (unpaired) electrons. The van der Waals surface area contributed by atoms with Gasteiger partial charge in [0.1, 0.15) is 5.75 Å². The molecular weight excluding hydrogens is 390 g/mol. The van der Waals surface area contributed by atoms with Gasteiger partial charge in [0.15, 0.2) is 0 Å². The molecule has 2 aromatic rings. The molecule has 1 saturated heterocycles. The second-order valence-corrected chi connectivity index (χ2v) is 8.44. The van der Waals surface area contributed by atoms with E-state index in [1.54, 1.807) is 17.0 Å². The Morgan fingerprint density at radius 1 is 1.00 bits per heavy atom. The van der Waals surface area contributed by atoms with Gasteiger partial charge in [0.25, 0.3) is 0 Å². The van der Waals surface area contributed by atoms with Crippen LogP contribution in [0.4, 0.5) is 0 Å². The van der Waals surface area contributed by atoms with Crippen LogP contribution in [0.2, 0.25) is 0 Å². The standard InChI is InChI=1S/C25H33N3O3/c26-24(30)14-17-28(18-22-4-2-1-3-5-22)25(31)19-27-15-12-21(13-16-27)7-6-20-8-10-23(29)11-9-20/h1-5,8-11,21,29H,6-7,12-19H2,(H2,26,30). The topological polar surface area (TPSA) is 86.9 Å². The number of phenols is 1. The highest BCUT2D eigenvalue weighted by atomic mass is 16.3. The predicted octanol–water partition coefficient (Wildman–Crippen LogP) is 2.94. The van der Waals surface area contributed by atoms with E-state index >= 15 is 0 Å². The van der Waals surface area contributed by atoms with Crippen LogP contribution >= 0.6 is 0 Å². The van der Waals surface area contributed by atoms with Crippen molar-refractivity contribution in [2.75, 3.05) is 26.2 Å². The Bertz CT molecular complexity index is 831. The average molecular weight is 424 g/mol. The summed E-state index contributed by atoms with van der Waals surface area (Å²) in [6.45, 7) is 3.07. The number of phenolic OH excluding ortho intramolecular Hbond substituents is 1. The summed E-state index contributed by atoms with van der Waals surface area (Å²) in [5.41, 5.74) is 7.61. The van der Waals surface area contributed by atoms with Crippen LogP contribution in [0.3, 0.4) is 0 Å². The maximum absolute atomic E-state index is 13.0. The van der Waals surface area contributed by atoms with Gasteiger partial charge in [-0.05, 0) is 68.0 Å². The maximum atomic E-state index is 13.0. The number of nitrogens with two attached hydrogens (primary N) is 1. The zero-order valence-electron chi connectivity index (χ0n) is 18.1. The minimum absolute atomic E-state index is 0.0487. The van der Waals surface area contributed by atoms with Crippen molar-refractivity contribution in [3.8, 4) is 5.75 Å². The highest BCUT2D eigenvalue weighted by molar-refractivity contribution is 5.79. The van der Waals surface area contributed by atoms with Crippen LogP contribution in [0.1, 0.15) is 36.8 Å². The highest BCUT2D eigenvalue weighted by Crippen LogP contribution is 2.23. The molecule has 0 aliphatic carbocycles. The van der Waals surface area contributed by atoms with E-state index in [4.69, 9.17) is 5.73 Å². The SMILES string of the molecule is NC(=O)CCN(Cc1ccccc1)C(=O)CN1CCC(CCc2ccc(O)cc2)CC1. The van der Waals surface area contributed by atoms with Crippen LogP contribution in [0, 0.1) is 5.92 Å². The number of likely N-dealkylation sites (tertiary alicyclic amines) is 1. The van der Waals surface area contributed by atoms with Gasteiger partial charge in [0.2, 0.25) is 11.8 Å². The lowest BCUT2D eigenvalue weighted by Gasteiger charge is -2.33. The van der Waals surface area contributed by atoms with E-state index in [9.17, 15) is 14.7 Å². The Morgan fingerprint density at radius 2 is 1.68 bits per heavy atom. The molecule has 0 aromatic heterocycles. The summed E-state index contributed by atoms with van der Waals surface area (Å²) in [6.07, 6.45) is 4.50. The summed E-state index contributed by atoms with van der Waals surface area (Å²) >= 11 is 0. The largest absolute Gasteiger partial charge is 0.508 e. The van der Waals surface area contributed by atoms with Crippen molar-refractivity contribution < 1.29 is 14.7 Å². The zero-order valence-corrected chi connectivity index (χ0v) is 18.1. The Balaban J connectivity index is 1.45. The van der Waals surface area contributed by atoms with Crippen LogP contribution < -0.4 is 5.73 Å². The van der Waals surface area contributed by atoms with Crippen molar-refractivity contribution in [2.45, 2.75) is 38.6 Å². The Hall–Kier alpha value is -2.86. The number of piperidine rings is 1. The van der Waals surface area contributed by atoms with Crippen molar-refractivity contribution in [3.05, 3.63) is 65.7 Å². The molecule has 166 valence electrons. The third-order valence-electron chi connectivity index (χ3n) is 6.04. The molecule has 1 aliphatic heterocycles. The minimum Gasteiger partial charge on any atom is -0.508 e. The molecule has 3 rings (SSSR count). The summed E-state index contributed by atoms with van der Waals surface area (Å²) in [4.78, 5) is 28.2. The van der Waals surface area contributed by atoms with Crippen LogP contribution in [0.15, 0.2) is 54.6 Å². The fraction of sp³-hybridized carbons (Fsp3) is 0.440. The molecule has 6 nitrogen and oxygen atoms in total. The van der Waals surface area contributed by atoms with E-state index < -0.39 is 0 Å². The third kappa shape index (κ3) is 7.72. The van der Waals surface area contributed by atoms with E-state index in [0.29, 0.717) is 31.3 Å². The van der Waals surface area contributed by atoms with Gasteiger partial charge in [-0.15, -0.1) is 0 Å². The van der Waals surface area contributed by atoms with Gasteiger partial charge in [-0.3, -0.25) is 14.5 Å². The lowest BCUT2D eigenvalue weighted by atomic mass is 9.90. The smallest absolute Gasteiger partial charge is 0.237 e. The maximum Gasteiger partial charge on any atom is 0.237 e. The molecule has 6 heteroatoms. The molecule has 0 saturated carbocycles. The number of nitrogens with zero attached hydrogens (tertiary/aromatic N) is 2. The van der Waals surface area contributed by atoms with Crippen molar-refractivity contribution >= 4 is 11.8 Å². The van der Waals surface area contributed by atoms with E-state index in [1.807, 2.05) is 42.5 Å². The van der Waals surface area contributed by atoms with Crippen molar-refractivity contribution in [1.82, 2.24) is 9.80 Å². The third-order valence-corrected chi connectivity index (χ3v) is 6.04.